The molecule has 0 radical (unpaired) electrons. The van der Waals surface area contributed by atoms with Gasteiger partial charge in [-0.25, -0.2) is 0 Å². The van der Waals surface area contributed by atoms with E-state index in [1.165, 1.54) is 11.8 Å². The molecule has 0 aliphatic rings. The average molecular weight is 415 g/mol. The zero-order chi connectivity index (χ0) is 20.1. The smallest absolute Gasteiger partial charge is 0.233 e. The molecule has 0 unspecified atom stereocenters. The molecule has 0 bridgehead atoms. The first-order valence-electron chi connectivity index (χ1n) is 9.22. The lowest BCUT2D eigenvalue weighted by Gasteiger charge is -2.18. The van der Waals surface area contributed by atoms with Crippen molar-refractivity contribution in [1.82, 2.24) is 19.7 Å². The fourth-order valence-electron chi connectivity index (χ4n) is 2.94. The molecule has 2 aromatic carbocycles. The molecule has 3 rings (SSSR count). The fraction of sp³-hybridized carbons (Fsp3) is 0.286. The lowest BCUT2D eigenvalue weighted by atomic mass is 10.2. The highest BCUT2D eigenvalue weighted by Crippen LogP contribution is 2.29. The summed E-state index contributed by atoms with van der Waals surface area (Å²) in [6.45, 7) is 7.43. The molecular formula is C21H23ClN4OS. The van der Waals surface area contributed by atoms with Gasteiger partial charge in [0.2, 0.25) is 5.91 Å². The summed E-state index contributed by atoms with van der Waals surface area (Å²) < 4.78 is 2.00. The van der Waals surface area contributed by atoms with Crippen LogP contribution in [0, 0.1) is 6.92 Å². The number of thioether (sulfide) groups is 1. The van der Waals surface area contributed by atoms with E-state index in [0.29, 0.717) is 29.0 Å². The van der Waals surface area contributed by atoms with Gasteiger partial charge in [0.1, 0.15) is 0 Å². The fourth-order valence-corrected chi connectivity index (χ4v) is 3.92. The zero-order valence-electron chi connectivity index (χ0n) is 16.2. The summed E-state index contributed by atoms with van der Waals surface area (Å²) >= 11 is 7.44. The molecular weight excluding hydrogens is 392 g/mol. The van der Waals surface area contributed by atoms with Crippen molar-refractivity contribution in [3.05, 3.63) is 59.1 Å². The number of halogens is 1. The Balaban J connectivity index is 1.98. The van der Waals surface area contributed by atoms with Crippen LogP contribution in [0.2, 0.25) is 5.02 Å². The number of carbonyl (C=O) groups excluding carboxylic acids is 1. The largest absolute Gasteiger partial charge is 0.343 e. The molecule has 0 aliphatic heterocycles. The van der Waals surface area contributed by atoms with Gasteiger partial charge in [0.05, 0.1) is 5.75 Å². The highest BCUT2D eigenvalue weighted by atomic mass is 35.5. The van der Waals surface area contributed by atoms with Crippen LogP contribution in [0.1, 0.15) is 19.4 Å². The van der Waals surface area contributed by atoms with Gasteiger partial charge in [0.15, 0.2) is 11.0 Å². The number of hydrogen-bond donors (Lipinski definition) is 0. The predicted molar refractivity (Wildman–Crippen MR) is 115 cm³/mol. The number of amides is 1. The van der Waals surface area contributed by atoms with Crippen molar-refractivity contribution >= 4 is 29.3 Å². The molecule has 7 heteroatoms. The van der Waals surface area contributed by atoms with Gasteiger partial charge in [-0.1, -0.05) is 35.5 Å². The zero-order valence-corrected chi connectivity index (χ0v) is 17.8. The first-order valence-corrected chi connectivity index (χ1v) is 10.6. The van der Waals surface area contributed by atoms with E-state index in [0.717, 1.165) is 22.6 Å². The Morgan fingerprint density at radius 2 is 1.82 bits per heavy atom. The number of nitrogens with zero attached hydrogens (tertiary/aromatic N) is 4. The second-order valence-corrected chi connectivity index (χ2v) is 7.72. The highest BCUT2D eigenvalue weighted by molar-refractivity contribution is 7.99. The minimum absolute atomic E-state index is 0.0989. The van der Waals surface area contributed by atoms with E-state index >= 15 is 0 Å². The van der Waals surface area contributed by atoms with Crippen LogP contribution in [-0.2, 0) is 4.79 Å². The Morgan fingerprint density at radius 1 is 1.11 bits per heavy atom. The summed E-state index contributed by atoms with van der Waals surface area (Å²) in [5.74, 6) is 1.15. The van der Waals surface area contributed by atoms with Crippen molar-refractivity contribution in [2.24, 2.45) is 0 Å². The number of hydrogen-bond acceptors (Lipinski definition) is 4. The SMILES string of the molecule is CCN(CC)C(=O)CSc1nnc(-c2ccc(Cl)cc2)n1-c1cccc(C)c1. The van der Waals surface area contributed by atoms with Gasteiger partial charge in [0, 0.05) is 29.4 Å². The molecule has 146 valence electrons. The van der Waals surface area contributed by atoms with E-state index in [4.69, 9.17) is 11.6 Å². The van der Waals surface area contributed by atoms with Crippen LogP contribution in [0.4, 0.5) is 0 Å². The molecule has 0 atom stereocenters. The first kappa shape index (κ1) is 20.4. The van der Waals surface area contributed by atoms with Gasteiger partial charge < -0.3 is 4.90 Å². The molecule has 0 aliphatic carbocycles. The molecule has 3 aromatic rings. The van der Waals surface area contributed by atoms with E-state index < -0.39 is 0 Å². The lowest BCUT2D eigenvalue weighted by Crippen LogP contribution is -2.31. The summed E-state index contributed by atoms with van der Waals surface area (Å²) in [6.07, 6.45) is 0. The van der Waals surface area contributed by atoms with E-state index in [1.807, 2.05) is 72.7 Å². The number of benzene rings is 2. The second kappa shape index (κ2) is 9.26. The summed E-state index contributed by atoms with van der Waals surface area (Å²) in [7, 11) is 0. The van der Waals surface area contributed by atoms with Gasteiger partial charge in [-0.2, -0.15) is 0 Å². The van der Waals surface area contributed by atoms with Crippen molar-refractivity contribution in [3.8, 4) is 17.1 Å². The van der Waals surface area contributed by atoms with E-state index in [9.17, 15) is 4.79 Å². The summed E-state index contributed by atoms with van der Waals surface area (Å²) in [4.78, 5) is 14.2. The van der Waals surface area contributed by atoms with Crippen molar-refractivity contribution in [2.45, 2.75) is 25.9 Å². The number of aryl methyl sites for hydroxylation is 1. The number of rotatable bonds is 7. The Labute approximate surface area is 174 Å². The monoisotopic (exact) mass is 414 g/mol. The number of aromatic nitrogens is 3. The van der Waals surface area contributed by atoms with Crippen LogP contribution in [0.25, 0.3) is 17.1 Å². The minimum Gasteiger partial charge on any atom is -0.343 e. The van der Waals surface area contributed by atoms with Crippen molar-refractivity contribution < 1.29 is 4.79 Å². The van der Waals surface area contributed by atoms with Gasteiger partial charge >= 0.3 is 0 Å². The quantitative estimate of drug-likeness (QED) is 0.518. The maximum absolute atomic E-state index is 12.4. The van der Waals surface area contributed by atoms with Gasteiger partial charge in [-0.3, -0.25) is 9.36 Å². The van der Waals surface area contributed by atoms with Gasteiger partial charge in [-0.15, -0.1) is 10.2 Å². The third-order valence-electron chi connectivity index (χ3n) is 4.44. The number of carbonyl (C=O) groups is 1. The van der Waals surface area contributed by atoms with Crippen molar-refractivity contribution in [3.63, 3.8) is 0 Å². The Hall–Kier alpha value is -2.31. The Bertz CT molecular complexity index is 951. The van der Waals surface area contributed by atoms with Crippen LogP contribution in [0.15, 0.2) is 53.7 Å². The van der Waals surface area contributed by atoms with Gasteiger partial charge in [0.25, 0.3) is 0 Å². The molecule has 1 aromatic heterocycles. The predicted octanol–water partition coefficient (Wildman–Crippen LogP) is 4.86. The Morgan fingerprint density at radius 3 is 2.46 bits per heavy atom. The first-order chi connectivity index (χ1) is 13.5. The standard InChI is InChI=1S/C21H23ClN4OS/c1-4-25(5-2)19(27)14-28-21-24-23-20(16-9-11-17(22)12-10-16)26(21)18-8-6-7-15(3)13-18/h6-13H,4-5,14H2,1-3H3. The van der Waals surface area contributed by atoms with E-state index in [-0.39, 0.29) is 5.91 Å². The minimum atomic E-state index is 0.0989. The Kier molecular flexibility index (Phi) is 6.75. The van der Waals surface area contributed by atoms with Crippen molar-refractivity contribution in [1.29, 1.82) is 0 Å². The maximum Gasteiger partial charge on any atom is 0.233 e. The molecule has 0 N–H and O–H groups in total. The normalized spacial score (nSPS) is 10.9. The second-order valence-electron chi connectivity index (χ2n) is 6.34. The lowest BCUT2D eigenvalue weighted by molar-refractivity contribution is -0.127. The molecule has 1 amide bonds. The summed E-state index contributed by atoms with van der Waals surface area (Å²) in [5.41, 5.74) is 3.02. The summed E-state index contributed by atoms with van der Waals surface area (Å²) in [5, 5.41) is 10.1. The molecule has 1 heterocycles. The maximum atomic E-state index is 12.4. The molecule has 0 spiro atoms. The van der Waals surface area contributed by atoms with Crippen LogP contribution in [0.3, 0.4) is 0 Å². The molecule has 0 saturated carbocycles. The van der Waals surface area contributed by atoms with E-state index in [1.54, 1.807) is 0 Å². The van der Waals surface area contributed by atoms with Gasteiger partial charge in [-0.05, 0) is 62.7 Å². The average Bonchev–Trinajstić information content (AvgIpc) is 3.12. The summed E-state index contributed by atoms with van der Waals surface area (Å²) in [6, 6.07) is 15.7. The van der Waals surface area contributed by atoms with Crippen LogP contribution >= 0.6 is 23.4 Å². The molecule has 28 heavy (non-hydrogen) atoms. The third kappa shape index (κ3) is 4.56. The molecule has 0 fully saturated rings. The third-order valence-corrected chi connectivity index (χ3v) is 5.60. The highest BCUT2D eigenvalue weighted by Gasteiger charge is 2.18. The van der Waals surface area contributed by atoms with Crippen LogP contribution < -0.4 is 0 Å². The topological polar surface area (TPSA) is 51.0 Å². The van der Waals surface area contributed by atoms with Crippen LogP contribution in [-0.4, -0.2) is 44.4 Å². The molecule has 0 saturated heterocycles. The van der Waals surface area contributed by atoms with E-state index in [2.05, 4.69) is 16.3 Å². The van der Waals surface area contributed by atoms with Crippen LogP contribution in [0.5, 0.6) is 0 Å². The van der Waals surface area contributed by atoms with Crippen molar-refractivity contribution in [2.75, 3.05) is 18.8 Å². The molecule has 5 nitrogen and oxygen atoms in total.